The highest BCUT2D eigenvalue weighted by molar-refractivity contribution is 5.93. The van der Waals surface area contributed by atoms with Gasteiger partial charge in [0.1, 0.15) is 11.3 Å². The highest BCUT2D eigenvalue weighted by Gasteiger charge is 2.27. The van der Waals surface area contributed by atoms with Gasteiger partial charge in [0.15, 0.2) is 0 Å². The third-order valence-electron chi connectivity index (χ3n) is 7.23. The molecule has 36 heavy (non-hydrogen) atoms. The molecule has 0 fully saturated rings. The first-order valence-electron chi connectivity index (χ1n) is 15.0. The topological polar surface area (TPSA) is 46.5 Å². The van der Waals surface area contributed by atoms with Crippen molar-refractivity contribution in [2.75, 3.05) is 6.61 Å². The Morgan fingerprint density at radius 2 is 1.08 bits per heavy atom. The van der Waals surface area contributed by atoms with Crippen LogP contribution in [0.5, 0.6) is 5.75 Å². The molecule has 0 saturated heterocycles. The first kappa shape index (κ1) is 32.5. The fourth-order valence-electron chi connectivity index (χ4n) is 4.69. The molecule has 0 unspecified atom stereocenters. The molecular weight excluding hydrogens is 444 g/mol. The molecule has 0 aliphatic rings. The number of rotatable bonds is 18. The van der Waals surface area contributed by atoms with Gasteiger partial charge >= 0.3 is 5.97 Å². The van der Waals surface area contributed by atoms with E-state index in [1.165, 1.54) is 89.9 Å². The zero-order chi connectivity index (χ0) is 27.0. The molecule has 0 heterocycles. The summed E-state index contributed by atoms with van der Waals surface area (Å²) in [4.78, 5) is 12.8. The summed E-state index contributed by atoms with van der Waals surface area (Å²) >= 11 is 0. The first-order chi connectivity index (χ1) is 17.0. The number of phenols is 1. The lowest BCUT2D eigenvalue weighted by molar-refractivity contribution is 0.0494. The molecule has 0 atom stereocenters. The van der Waals surface area contributed by atoms with Crippen molar-refractivity contribution in [1.29, 1.82) is 0 Å². The van der Waals surface area contributed by atoms with E-state index in [4.69, 9.17) is 4.74 Å². The van der Waals surface area contributed by atoms with Crippen molar-refractivity contribution in [2.45, 2.75) is 162 Å². The molecule has 0 radical (unpaired) electrons. The highest BCUT2D eigenvalue weighted by atomic mass is 16.5. The number of esters is 1. The molecule has 1 rings (SSSR count). The third-order valence-corrected chi connectivity index (χ3v) is 7.23. The molecule has 1 N–H and O–H groups in total. The quantitative estimate of drug-likeness (QED) is 0.160. The minimum Gasteiger partial charge on any atom is -0.507 e. The summed E-state index contributed by atoms with van der Waals surface area (Å²) in [6.07, 6.45) is 21.2. The first-order valence-corrected chi connectivity index (χ1v) is 15.0. The fraction of sp³-hybridized carbons (Fsp3) is 0.788. The molecule has 0 aliphatic carbocycles. The molecule has 1 aromatic carbocycles. The Morgan fingerprint density at radius 3 is 1.47 bits per heavy atom. The summed E-state index contributed by atoms with van der Waals surface area (Å²) < 4.78 is 5.56. The van der Waals surface area contributed by atoms with Crippen molar-refractivity contribution < 1.29 is 14.6 Å². The molecule has 0 amide bonds. The van der Waals surface area contributed by atoms with Gasteiger partial charge in [0.2, 0.25) is 0 Å². The summed E-state index contributed by atoms with van der Waals surface area (Å²) in [7, 11) is 0. The Labute approximate surface area is 223 Å². The average Bonchev–Trinajstić information content (AvgIpc) is 2.79. The molecular formula is C33H58O3. The summed E-state index contributed by atoms with van der Waals surface area (Å²) in [5, 5.41) is 10.8. The lowest BCUT2D eigenvalue weighted by atomic mass is 9.79. The number of hydrogen-bond acceptors (Lipinski definition) is 3. The van der Waals surface area contributed by atoms with Gasteiger partial charge in [-0.05, 0) is 28.9 Å². The molecule has 0 saturated carbocycles. The Balaban J connectivity index is 2.21. The zero-order valence-corrected chi connectivity index (χ0v) is 24.9. The van der Waals surface area contributed by atoms with Crippen molar-refractivity contribution in [3.63, 3.8) is 0 Å². The van der Waals surface area contributed by atoms with E-state index < -0.39 is 5.97 Å². The van der Waals surface area contributed by atoms with Crippen LogP contribution in [0.2, 0.25) is 0 Å². The number of unbranched alkanes of at least 4 members (excludes halogenated alkanes) is 15. The molecule has 1 aromatic rings. The van der Waals surface area contributed by atoms with Crippen LogP contribution in [0.25, 0.3) is 0 Å². The zero-order valence-electron chi connectivity index (χ0n) is 24.9. The van der Waals surface area contributed by atoms with Crippen LogP contribution in [-0.4, -0.2) is 17.7 Å². The van der Waals surface area contributed by atoms with Crippen LogP contribution in [0.4, 0.5) is 0 Å². The van der Waals surface area contributed by atoms with Crippen molar-refractivity contribution in [2.24, 2.45) is 0 Å². The molecule has 3 heteroatoms. The van der Waals surface area contributed by atoms with E-state index in [1.54, 1.807) is 6.07 Å². The second kappa shape index (κ2) is 17.1. The Bertz CT molecular complexity index is 737. The molecule has 3 nitrogen and oxygen atoms in total. The SMILES string of the molecule is CCCCCCCCCCCCCCCCCCOC(=O)c1cc(C(C)(C)C)cc(C(C)(C)C)c1O. The maximum Gasteiger partial charge on any atom is 0.341 e. The van der Waals surface area contributed by atoms with Gasteiger partial charge in [-0.1, -0.05) is 151 Å². The Hall–Kier alpha value is -1.51. The van der Waals surface area contributed by atoms with Crippen LogP contribution in [0.15, 0.2) is 12.1 Å². The molecule has 0 aliphatic heterocycles. The number of phenolic OH excluding ortho intramolecular Hbond substituents is 1. The lowest BCUT2D eigenvalue weighted by Gasteiger charge is -2.27. The van der Waals surface area contributed by atoms with Crippen LogP contribution < -0.4 is 0 Å². The highest BCUT2D eigenvalue weighted by Crippen LogP contribution is 2.38. The van der Waals surface area contributed by atoms with Crippen LogP contribution in [-0.2, 0) is 15.6 Å². The number of ether oxygens (including phenoxy) is 1. The molecule has 208 valence electrons. The van der Waals surface area contributed by atoms with Crippen molar-refractivity contribution >= 4 is 5.97 Å². The normalized spacial score (nSPS) is 12.2. The second-order valence-electron chi connectivity index (χ2n) is 12.9. The van der Waals surface area contributed by atoms with E-state index in [2.05, 4.69) is 48.5 Å². The van der Waals surface area contributed by atoms with E-state index in [9.17, 15) is 9.90 Å². The van der Waals surface area contributed by atoms with Gasteiger partial charge in [0.05, 0.1) is 6.61 Å². The van der Waals surface area contributed by atoms with Crippen LogP contribution in [0, 0.1) is 0 Å². The standard InChI is InChI=1S/C33H58O3/c1-8-9-10-11-12-13-14-15-16-17-18-19-20-21-22-23-24-36-31(35)28-25-27(32(2,3)4)26-29(30(28)34)33(5,6)7/h25-26,34H,8-24H2,1-7H3. The minimum absolute atomic E-state index is 0.0625. The van der Waals surface area contributed by atoms with Crippen molar-refractivity contribution in [3.8, 4) is 5.75 Å². The summed E-state index contributed by atoms with van der Waals surface area (Å²) in [5.41, 5.74) is 1.76. The van der Waals surface area contributed by atoms with Crippen molar-refractivity contribution in [3.05, 3.63) is 28.8 Å². The van der Waals surface area contributed by atoms with Gasteiger partial charge in [-0.2, -0.15) is 0 Å². The lowest BCUT2D eigenvalue weighted by Crippen LogP contribution is -2.19. The van der Waals surface area contributed by atoms with Gasteiger partial charge < -0.3 is 9.84 Å². The van der Waals surface area contributed by atoms with Crippen LogP contribution >= 0.6 is 0 Å². The number of aromatic hydroxyl groups is 1. The van der Waals surface area contributed by atoms with E-state index in [0.29, 0.717) is 12.2 Å². The predicted octanol–water partition coefficient (Wildman–Crippen LogP) is 10.4. The van der Waals surface area contributed by atoms with Gasteiger partial charge in [0.25, 0.3) is 0 Å². The number of carbonyl (C=O) groups excluding carboxylic acids is 1. The largest absolute Gasteiger partial charge is 0.507 e. The summed E-state index contributed by atoms with van der Waals surface area (Å²) in [6.45, 7) is 15.2. The summed E-state index contributed by atoms with van der Waals surface area (Å²) in [5.74, 6) is -0.350. The molecule has 0 aromatic heterocycles. The summed E-state index contributed by atoms with van der Waals surface area (Å²) in [6, 6.07) is 3.84. The molecule has 0 spiro atoms. The maximum absolute atomic E-state index is 12.8. The second-order valence-corrected chi connectivity index (χ2v) is 12.9. The minimum atomic E-state index is -0.412. The van der Waals surface area contributed by atoms with Crippen LogP contribution in [0.3, 0.4) is 0 Å². The number of benzene rings is 1. The average molecular weight is 503 g/mol. The maximum atomic E-state index is 12.8. The van der Waals surface area contributed by atoms with E-state index >= 15 is 0 Å². The van der Waals surface area contributed by atoms with Crippen molar-refractivity contribution in [1.82, 2.24) is 0 Å². The molecule has 0 bridgehead atoms. The predicted molar refractivity (Wildman–Crippen MR) is 155 cm³/mol. The number of hydrogen-bond donors (Lipinski definition) is 1. The van der Waals surface area contributed by atoms with Gasteiger partial charge in [-0.3, -0.25) is 0 Å². The van der Waals surface area contributed by atoms with Crippen LogP contribution in [0.1, 0.15) is 173 Å². The third kappa shape index (κ3) is 13.2. The van der Waals surface area contributed by atoms with E-state index in [1.807, 2.05) is 6.07 Å². The van der Waals surface area contributed by atoms with Gasteiger partial charge in [-0.15, -0.1) is 0 Å². The monoisotopic (exact) mass is 502 g/mol. The van der Waals surface area contributed by atoms with Gasteiger partial charge in [0, 0.05) is 5.56 Å². The Morgan fingerprint density at radius 1 is 0.667 bits per heavy atom. The number of carbonyl (C=O) groups is 1. The smallest absolute Gasteiger partial charge is 0.341 e. The van der Waals surface area contributed by atoms with Gasteiger partial charge in [-0.25, -0.2) is 4.79 Å². The fourth-order valence-corrected chi connectivity index (χ4v) is 4.69. The van der Waals surface area contributed by atoms with E-state index in [0.717, 1.165) is 24.0 Å². The van der Waals surface area contributed by atoms with E-state index in [-0.39, 0.29) is 16.6 Å². The Kier molecular flexibility index (Phi) is 15.4.